The van der Waals surface area contributed by atoms with Gasteiger partial charge in [0.05, 0.1) is 6.54 Å². The molecule has 1 aromatic heterocycles. The normalized spacial score (nSPS) is 30.8. The Morgan fingerprint density at radius 3 is 2.65 bits per heavy atom. The Balaban J connectivity index is 1.46. The van der Waals surface area contributed by atoms with E-state index in [1.807, 2.05) is 0 Å². The molecule has 2 heterocycles. The molecule has 2 saturated carbocycles. The minimum absolute atomic E-state index is 0.200. The van der Waals surface area contributed by atoms with E-state index >= 15 is 0 Å². The second-order valence-corrected chi connectivity index (χ2v) is 7.54. The maximum Gasteiger partial charge on any atom is 0.355 e. The van der Waals surface area contributed by atoms with E-state index in [9.17, 15) is 4.79 Å². The maximum atomic E-state index is 10.9. The third-order valence-electron chi connectivity index (χ3n) is 5.05. The lowest BCUT2D eigenvalue weighted by Crippen LogP contribution is -2.30. The molecule has 3 fully saturated rings. The molecule has 4 nitrogen and oxygen atoms in total. The SMILES string of the molecule is O=C(O)c1csc(CN2C[C@H](C3CC3)C[C@@H]2C2CC2)n1. The van der Waals surface area contributed by atoms with Crippen molar-refractivity contribution in [3.05, 3.63) is 16.1 Å². The lowest BCUT2D eigenvalue weighted by molar-refractivity contribution is 0.0691. The van der Waals surface area contributed by atoms with Gasteiger partial charge in [-0.25, -0.2) is 9.78 Å². The fraction of sp³-hybridized carbons (Fsp3) is 0.733. The number of rotatable bonds is 5. The summed E-state index contributed by atoms with van der Waals surface area (Å²) in [6, 6.07) is 0.734. The predicted molar refractivity (Wildman–Crippen MR) is 76.8 cm³/mol. The molecule has 0 unspecified atom stereocenters. The third kappa shape index (κ3) is 2.49. The van der Waals surface area contributed by atoms with Crippen LogP contribution in [0.25, 0.3) is 0 Å². The number of hydrogen-bond acceptors (Lipinski definition) is 4. The van der Waals surface area contributed by atoms with Crippen molar-refractivity contribution in [2.24, 2.45) is 17.8 Å². The molecule has 1 aromatic rings. The summed E-state index contributed by atoms with van der Waals surface area (Å²) in [4.78, 5) is 17.8. The van der Waals surface area contributed by atoms with E-state index in [-0.39, 0.29) is 5.69 Å². The van der Waals surface area contributed by atoms with Crippen LogP contribution in [-0.2, 0) is 6.54 Å². The van der Waals surface area contributed by atoms with Gasteiger partial charge in [-0.3, -0.25) is 4.90 Å². The van der Waals surface area contributed by atoms with Gasteiger partial charge in [-0.15, -0.1) is 11.3 Å². The first-order valence-corrected chi connectivity index (χ1v) is 8.50. The molecule has 0 radical (unpaired) electrons. The van der Waals surface area contributed by atoms with Gasteiger partial charge in [0.2, 0.25) is 0 Å². The second kappa shape index (κ2) is 4.81. The monoisotopic (exact) mass is 292 g/mol. The van der Waals surface area contributed by atoms with E-state index in [0.29, 0.717) is 0 Å². The first-order chi connectivity index (χ1) is 9.70. The Bertz CT molecular complexity index is 522. The second-order valence-electron chi connectivity index (χ2n) is 6.60. The van der Waals surface area contributed by atoms with Crippen LogP contribution in [0.4, 0.5) is 0 Å². The highest BCUT2D eigenvalue weighted by Gasteiger charge is 2.46. The van der Waals surface area contributed by atoms with Crippen molar-refractivity contribution in [1.29, 1.82) is 0 Å². The van der Waals surface area contributed by atoms with E-state index in [0.717, 1.165) is 35.3 Å². The minimum atomic E-state index is -0.913. The number of likely N-dealkylation sites (tertiary alicyclic amines) is 1. The van der Waals surface area contributed by atoms with E-state index in [1.54, 1.807) is 5.38 Å². The summed E-state index contributed by atoms with van der Waals surface area (Å²) >= 11 is 1.49. The van der Waals surface area contributed by atoms with Crippen LogP contribution < -0.4 is 0 Å². The number of carboxylic acid groups (broad SMARTS) is 1. The van der Waals surface area contributed by atoms with Crippen LogP contribution in [0.15, 0.2) is 5.38 Å². The summed E-state index contributed by atoms with van der Waals surface area (Å²) < 4.78 is 0. The molecule has 5 heteroatoms. The molecule has 20 heavy (non-hydrogen) atoms. The summed E-state index contributed by atoms with van der Waals surface area (Å²) in [6.45, 7) is 2.05. The molecule has 0 aromatic carbocycles. The number of carboxylic acids is 1. The number of nitrogens with zero attached hydrogens (tertiary/aromatic N) is 2. The van der Waals surface area contributed by atoms with Gasteiger partial charge in [-0.2, -0.15) is 0 Å². The fourth-order valence-corrected chi connectivity index (χ4v) is 4.48. The lowest BCUT2D eigenvalue weighted by Gasteiger charge is -2.22. The number of aromatic carboxylic acids is 1. The van der Waals surface area contributed by atoms with Crippen LogP contribution in [0.3, 0.4) is 0 Å². The van der Waals surface area contributed by atoms with Gasteiger partial charge in [0.25, 0.3) is 0 Å². The first kappa shape index (κ1) is 12.8. The topological polar surface area (TPSA) is 53.4 Å². The highest BCUT2D eigenvalue weighted by molar-refractivity contribution is 7.09. The van der Waals surface area contributed by atoms with E-state index < -0.39 is 5.97 Å². The number of hydrogen-bond donors (Lipinski definition) is 1. The summed E-state index contributed by atoms with van der Waals surface area (Å²) in [6.07, 6.45) is 6.99. The quantitative estimate of drug-likeness (QED) is 0.906. The zero-order chi connectivity index (χ0) is 13.7. The van der Waals surface area contributed by atoms with Crippen molar-refractivity contribution in [2.75, 3.05) is 6.54 Å². The predicted octanol–water partition coefficient (Wildman–Crippen LogP) is 2.85. The van der Waals surface area contributed by atoms with Crippen molar-refractivity contribution < 1.29 is 9.90 Å². The Labute approximate surface area is 122 Å². The lowest BCUT2D eigenvalue weighted by atomic mass is 9.98. The zero-order valence-electron chi connectivity index (χ0n) is 11.5. The molecule has 0 spiro atoms. The standard InChI is InChI=1S/C15H20N2O2S/c18-15(19)12-8-20-14(16-12)7-17-6-11(9-1-2-9)5-13(17)10-3-4-10/h8-11,13H,1-7H2,(H,18,19)/t11-,13-/m1/s1. The smallest absolute Gasteiger partial charge is 0.355 e. The van der Waals surface area contributed by atoms with Crippen molar-refractivity contribution >= 4 is 17.3 Å². The Morgan fingerprint density at radius 1 is 1.30 bits per heavy atom. The Kier molecular flexibility index (Phi) is 3.07. The molecule has 2 atom stereocenters. The van der Waals surface area contributed by atoms with Crippen molar-refractivity contribution in [3.8, 4) is 0 Å². The Hall–Kier alpha value is -0.940. The van der Waals surface area contributed by atoms with E-state index in [1.165, 1.54) is 50.0 Å². The van der Waals surface area contributed by atoms with Crippen LogP contribution in [0.1, 0.15) is 47.6 Å². The molecule has 108 valence electrons. The molecule has 4 rings (SSSR count). The molecule has 0 bridgehead atoms. The molecule has 3 aliphatic rings. The Morgan fingerprint density at radius 2 is 2.05 bits per heavy atom. The molecule has 1 aliphatic heterocycles. The average molecular weight is 292 g/mol. The zero-order valence-corrected chi connectivity index (χ0v) is 12.3. The van der Waals surface area contributed by atoms with Gasteiger partial charge in [-0.1, -0.05) is 0 Å². The number of thiazole rings is 1. The van der Waals surface area contributed by atoms with Gasteiger partial charge in [-0.05, 0) is 49.9 Å². The first-order valence-electron chi connectivity index (χ1n) is 7.62. The van der Waals surface area contributed by atoms with Crippen molar-refractivity contribution in [3.63, 3.8) is 0 Å². The highest BCUT2D eigenvalue weighted by atomic mass is 32.1. The van der Waals surface area contributed by atoms with Gasteiger partial charge >= 0.3 is 5.97 Å². The summed E-state index contributed by atoms with van der Waals surface area (Å²) in [7, 11) is 0. The molecule has 1 saturated heterocycles. The van der Waals surface area contributed by atoms with Gasteiger partial charge in [0.1, 0.15) is 5.01 Å². The van der Waals surface area contributed by atoms with Gasteiger partial charge < -0.3 is 5.11 Å². The minimum Gasteiger partial charge on any atom is -0.476 e. The molecular formula is C15H20N2O2S. The van der Waals surface area contributed by atoms with Crippen LogP contribution >= 0.6 is 11.3 Å². The van der Waals surface area contributed by atoms with Gasteiger partial charge in [0.15, 0.2) is 5.69 Å². The third-order valence-corrected chi connectivity index (χ3v) is 5.88. The highest BCUT2D eigenvalue weighted by Crippen LogP contribution is 2.48. The summed E-state index contributed by atoms with van der Waals surface area (Å²) in [5.74, 6) is 1.85. The number of aromatic nitrogens is 1. The number of carbonyl (C=O) groups is 1. The van der Waals surface area contributed by atoms with Crippen molar-refractivity contribution in [2.45, 2.75) is 44.7 Å². The molecule has 0 amide bonds. The van der Waals surface area contributed by atoms with Crippen LogP contribution in [0, 0.1) is 17.8 Å². The largest absolute Gasteiger partial charge is 0.476 e. The molecule has 2 aliphatic carbocycles. The van der Waals surface area contributed by atoms with Crippen LogP contribution in [-0.4, -0.2) is 33.5 Å². The van der Waals surface area contributed by atoms with Gasteiger partial charge in [0, 0.05) is 18.0 Å². The van der Waals surface area contributed by atoms with Crippen molar-refractivity contribution in [1.82, 2.24) is 9.88 Å². The van der Waals surface area contributed by atoms with Crippen LogP contribution in [0.2, 0.25) is 0 Å². The van der Waals surface area contributed by atoms with E-state index in [2.05, 4.69) is 9.88 Å². The summed E-state index contributed by atoms with van der Waals surface area (Å²) in [5.41, 5.74) is 0.200. The maximum absolute atomic E-state index is 10.9. The average Bonchev–Trinajstić information content (AvgIpc) is 3.35. The summed E-state index contributed by atoms with van der Waals surface area (Å²) in [5, 5.41) is 11.6. The van der Waals surface area contributed by atoms with E-state index in [4.69, 9.17) is 5.11 Å². The fourth-order valence-electron chi connectivity index (χ4n) is 3.69. The van der Waals surface area contributed by atoms with Crippen LogP contribution in [0.5, 0.6) is 0 Å². The molecular weight excluding hydrogens is 272 g/mol. The molecule has 1 N–H and O–H groups in total.